The fraction of sp³-hybridized carbons (Fsp3) is 0.714. The molecular formula is C7H9ClF3NO3. The molecule has 88 valence electrons. The van der Waals surface area contributed by atoms with Crippen molar-refractivity contribution >= 4 is 23.5 Å². The quantitative estimate of drug-likeness (QED) is 0.592. The summed E-state index contributed by atoms with van der Waals surface area (Å²) >= 11 is 5.38. The highest BCUT2D eigenvalue weighted by Crippen LogP contribution is 2.18. The normalized spacial score (nSPS) is 13.1. The predicted molar refractivity (Wildman–Crippen MR) is 45.3 cm³/mol. The molecule has 0 spiro atoms. The minimum absolute atomic E-state index is 0.400. The Morgan fingerprint density at radius 1 is 1.47 bits per heavy atom. The average Bonchev–Trinajstić information content (AvgIpc) is 2.10. The Morgan fingerprint density at radius 3 is 2.40 bits per heavy atom. The Balaban J connectivity index is 3.86. The molecule has 0 bridgehead atoms. The molecule has 1 unspecified atom stereocenters. The van der Waals surface area contributed by atoms with Crippen LogP contribution in [0.15, 0.2) is 0 Å². The van der Waals surface area contributed by atoms with Crippen molar-refractivity contribution in [3.8, 4) is 0 Å². The maximum Gasteiger partial charge on any atom is 0.397 e. The standard InChI is InChI=1S/C7H9ClF3NO3/c1-15-6(14)4(8)3-12-5(13)2-7(9,10)11/h4H,2-3H2,1H3,(H,12,13). The summed E-state index contributed by atoms with van der Waals surface area (Å²) in [5.74, 6) is -2.05. The molecule has 0 aromatic heterocycles. The minimum Gasteiger partial charge on any atom is -0.468 e. The van der Waals surface area contributed by atoms with Gasteiger partial charge < -0.3 is 10.1 Å². The summed E-state index contributed by atoms with van der Waals surface area (Å²) in [7, 11) is 1.08. The topological polar surface area (TPSA) is 55.4 Å². The van der Waals surface area contributed by atoms with E-state index in [9.17, 15) is 22.8 Å². The van der Waals surface area contributed by atoms with Crippen LogP contribution in [0.3, 0.4) is 0 Å². The molecule has 0 saturated heterocycles. The van der Waals surface area contributed by atoms with E-state index in [1.807, 2.05) is 5.32 Å². The van der Waals surface area contributed by atoms with Crippen molar-refractivity contribution in [2.45, 2.75) is 18.0 Å². The highest BCUT2D eigenvalue weighted by atomic mass is 35.5. The number of carbonyl (C=O) groups is 2. The number of halogens is 4. The van der Waals surface area contributed by atoms with Crippen molar-refractivity contribution in [3.05, 3.63) is 0 Å². The lowest BCUT2D eigenvalue weighted by atomic mass is 10.3. The van der Waals surface area contributed by atoms with E-state index in [0.29, 0.717) is 0 Å². The maximum absolute atomic E-state index is 11.7. The van der Waals surface area contributed by atoms with Crippen LogP contribution >= 0.6 is 11.6 Å². The summed E-state index contributed by atoms with van der Waals surface area (Å²) in [5.41, 5.74) is 0. The van der Waals surface area contributed by atoms with Gasteiger partial charge in [0.1, 0.15) is 11.8 Å². The summed E-state index contributed by atoms with van der Waals surface area (Å²) in [6.45, 7) is -0.400. The predicted octanol–water partition coefficient (Wildman–Crippen LogP) is 0.835. The molecule has 1 atom stereocenters. The van der Waals surface area contributed by atoms with Gasteiger partial charge in [0.25, 0.3) is 0 Å². The second kappa shape index (κ2) is 5.79. The summed E-state index contributed by atoms with van der Waals surface area (Å²) in [5, 5.41) is 0.675. The SMILES string of the molecule is COC(=O)C(Cl)CNC(=O)CC(F)(F)F. The van der Waals surface area contributed by atoms with Gasteiger partial charge in [-0.25, -0.2) is 0 Å². The maximum atomic E-state index is 11.7. The van der Waals surface area contributed by atoms with E-state index in [4.69, 9.17) is 11.6 Å². The van der Waals surface area contributed by atoms with Gasteiger partial charge in [0.05, 0.1) is 7.11 Å². The third-order valence-corrected chi connectivity index (χ3v) is 1.63. The van der Waals surface area contributed by atoms with Crippen molar-refractivity contribution in [2.24, 2.45) is 0 Å². The first kappa shape index (κ1) is 14.0. The van der Waals surface area contributed by atoms with E-state index >= 15 is 0 Å². The fourth-order valence-electron chi connectivity index (χ4n) is 0.659. The van der Waals surface area contributed by atoms with Crippen LogP contribution in [0.25, 0.3) is 0 Å². The summed E-state index contributed by atoms with van der Waals surface area (Å²) in [4.78, 5) is 21.3. The Hall–Kier alpha value is -0.980. The highest BCUT2D eigenvalue weighted by molar-refractivity contribution is 6.30. The number of hydrogen-bond acceptors (Lipinski definition) is 3. The van der Waals surface area contributed by atoms with Crippen LogP contribution in [-0.4, -0.2) is 37.1 Å². The molecule has 0 heterocycles. The molecule has 15 heavy (non-hydrogen) atoms. The van der Waals surface area contributed by atoms with E-state index in [2.05, 4.69) is 4.74 Å². The van der Waals surface area contributed by atoms with Crippen molar-refractivity contribution in [1.29, 1.82) is 0 Å². The van der Waals surface area contributed by atoms with Gasteiger partial charge in [-0.1, -0.05) is 0 Å². The molecule has 0 aliphatic rings. The molecule has 0 rings (SSSR count). The van der Waals surface area contributed by atoms with E-state index in [0.717, 1.165) is 7.11 Å². The number of amides is 1. The number of nitrogens with one attached hydrogen (secondary N) is 1. The van der Waals surface area contributed by atoms with Gasteiger partial charge >= 0.3 is 12.1 Å². The van der Waals surface area contributed by atoms with E-state index in [1.54, 1.807) is 0 Å². The lowest BCUT2D eigenvalue weighted by Crippen LogP contribution is -2.36. The smallest absolute Gasteiger partial charge is 0.397 e. The Bertz CT molecular complexity index is 244. The van der Waals surface area contributed by atoms with Gasteiger partial charge in [-0.3, -0.25) is 9.59 Å². The first-order valence-electron chi connectivity index (χ1n) is 3.81. The van der Waals surface area contributed by atoms with Crippen molar-refractivity contribution in [3.63, 3.8) is 0 Å². The first-order chi connectivity index (χ1) is 6.76. The lowest BCUT2D eigenvalue weighted by molar-refractivity contribution is -0.153. The number of esters is 1. The van der Waals surface area contributed by atoms with Crippen molar-refractivity contribution in [1.82, 2.24) is 5.32 Å². The number of rotatable bonds is 4. The zero-order valence-corrected chi connectivity index (χ0v) is 8.48. The number of alkyl halides is 4. The second-order valence-corrected chi connectivity index (χ2v) is 3.11. The largest absolute Gasteiger partial charge is 0.468 e. The lowest BCUT2D eigenvalue weighted by Gasteiger charge is -2.10. The third-order valence-electron chi connectivity index (χ3n) is 1.30. The summed E-state index contributed by atoms with van der Waals surface area (Å²) < 4.78 is 39.2. The molecule has 1 amide bonds. The van der Waals surface area contributed by atoms with Gasteiger partial charge in [-0.15, -0.1) is 11.6 Å². The van der Waals surface area contributed by atoms with E-state index in [-0.39, 0.29) is 0 Å². The Kier molecular flexibility index (Phi) is 5.41. The van der Waals surface area contributed by atoms with Crippen LogP contribution in [0.5, 0.6) is 0 Å². The fourth-order valence-corrected chi connectivity index (χ4v) is 0.825. The number of carbonyl (C=O) groups excluding carboxylic acids is 2. The number of hydrogen-bond donors (Lipinski definition) is 1. The molecular weight excluding hydrogens is 239 g/mol. The minimum atomic E-state index is -4.57. The molecule has 0 aromatic carbocycles. The van der Waals surface area contributed by atoms with E-state index in [1.165, 1.54) is 0 Å². The molecule has 4 nitrogen and oxygen atoms in total. The Labute approximate surface area is 88.7 Å². The molecule has 0 fully saturated rings. The molecule has 0 radical (unpaired) electrons. The van der Waals surface area contributed by atoms with Gasteiger partial charge in [-0.05, 0) is 0 Å². The summed E-state index contributed by atoms with van der Waals surface area (Å²) in [6, 6.07) is 0. The zero-order valence-electron chi connectivity index (χ0n) is 7.73. The molecule has 0 saturated carbocycles. The number of methoxy groups -OCH3 is 1. The van der Waals surface area contributed by atoms with Crippen LogP contribution in [0.1, 0.15) is 6.42 Å². The van der Waals surface area contributed by atoms with Crippen LogP contribution < -0.4 is 5.32 Å². The monoisotopic (exact) mass is 247 g/mol. The van der Waals surface area contributed by atoms with Crippen molar-refractivity contribution in [2.75, 3.05) is 13.7 Å². The molecule has 8 heteroatoms. The van der Waals surface area contributed by atoms with Gasteiger partial charge in [0.2, 0.25) is 5.91 Å². The Morgan fingerprint density at radius 2 is 2.00 bits per heavy atom. The van der Waals surface area contributed by atoms with Crippen LogP contribution in [0.4, 0.5) is 13.2 Å². The van der Waals surface area contributed by atoms with E-state index < -0.39 is 36.4 Å². The third kappa shape index (κ3) is 7.01. The molecule has 0 aliphatic heterocycles. The van der Waals surface area contributed by atoms with Crippen molar-refractivity contribution < 1.29 is 27.5 Å². The van der Waals surface area contributed by atoms with Crippen LogP contribution in [0, 0.1) is 0 Å². The molecule has 1 N–H and O–H groups in total. The van der Waals surface area contributed by atoms with Gasteiger partial charge in [-0.2, -0.15) is 13.2 Å². The van der Waals surface area contributed by atoms with Gasteiger partial charge in [0, 0.05) is 6.54 Å². The molecule has 0 aromatic rings. The van der Waals surface area contributed by atoms with Crippen LogP contribution in [-0.2, 0) is 14.3 Å². The first-order valence-corrected chi connectivity index (χ1v) is 4.25. The highest BCUT2D eigenvalue weighted by Gasteiger charge is 2.31. The summed E-state index contributed by atoms with van der Waals surface area (Å²) in [6.07, 6.45) is -6.17. The van der Waals surface area contributed by atoms with Gasteiger partial charge in [0.15, 0.2) is 0 Å². The second-order valence-electron chi connectivity index (χ2n) is 2.59. The number of ether oxygens (including phenoxy) is 1. The molecule has 0 aliphatic carbocycles. The zero-order chi connectivity index (χ0) is 12.1. The average molecular weight is 248 g/mol. The van der Waals surface area contributed by atoms with Crippen LogP contribution in [0.2, 0.25) is 0 Å².